The van der Waals surface area contributed by atoms with Crippen molar-refractivity contribution in [2.45, 2.75) is 92.1 Å². The van der Waals surface area contributed by atoms with Crippen molar-refractivity contribution >= 4 is 23.2 Å². The number of hydrogen-bond acceptors (Lipinski definition) is 6. The van der Waals surface area contributed by atoms with Crippen LogP contribution in [0.3, 0.4) is 0 Å². The maximum Gasteiger partial charge on any atom is 0.228 e. The molecule has 35 heavy (non-hydrogen) atoms. The molecular weight excluding hydrogens is 436 g/mol. The topological polar surface area (TPSA) is 67.3 Å². The summed E-state index contributed by atoms with van der Waals surface area (Å²) in [6, 6.07) is 8.74. The van der Waals surface area contributed by atoms with Crippen molar-refractivity contribution in [2.24, 2.45) is 5.92 Å². The van der Waals surface area contributed by atoms with E-state index < -0.39 is 0 Å². The fourth-order valence-electron chi connectivity index (χ4n) is 4.75. The van der Waals surface area contributed by atoms with E-state index in [0.29, 0.717) is 30.6 Å². The first-order valence-electron chi connectivity index (χ1n) is 13.4. The van der Waals surface area contributed by atoms with E-state index in [1.54, 1.807) is 6.92 Å². The molecule has 1 atom stereocenters. The Morgan fingerprint density at radius 1 is 1.11 bits per heavy atom. The largest absolute Gasteiger partial charge is 0.375 e. The van der Waals surface area contributed by atoms with Crippen molar-refractivity contribution in [3.63, 3.8) is 0 Å². The van der Waals surface area contributed by atoms with E-state index in [4.69, 9.17) is 9.72 Å². The molecule has 1 aliphatic heterocycles. The van der Waals surface area contributed by atoms with Gasteiger partial charge in [-0.2, -0.15) is 4.98 Å². The Hall–Kier alpha value is -2.47. The van der Waals surface area contributed by atoms with Gasteiger partial charge in [-0.3, -0.25) is 4.79 Å². The molecular formula is C29H44N4O2. The third-order valence-corrected chi connectivity index (χ3v) is 6.46. The van der Waals surface area contributed by atoms with Crippen LogP contribution in [0.1, 0.15) is 101 Å². The summed E-state index contributed by atoms with van der Waals surface area (Å²) < 4.78 is 5.66. The minimum atomic E-state index is -0.0301. The number of carbonyl (C=O) groups excluding carboxylic acids is 1. The molecule has 6 heteroatoms. The Morgan fingerprint density at radius 2 is 1.77 bits per heavy atom. The van der Waals surface area contributed by atoms with Crippen molar-refractivity contribution in [1.82, 2.24) is 9.97 Å². The van der Waals surface area contributed by atoms with Crippen molar-refractivity contribution in [3.8, 4) is 0 Å². The Bertz CT molecular complexity index is 949. The molecule has 2 heterocycles. The molecule has 0 bridgehead atoms. The van der Waals surface area contributed by atoms with Crippen LogP contribution in [0.4, 0.5) is 17.5 Å². The Kier molecular flexibility index (Phi) is 10.1. The Balaban J connectivity index is 0.000000795. The first-order chi connectivity index (χ1) is 16.8. The van der Waals surface area contributed by atoms with Crippen LogP contribution in [0, 0.1) is 5.92 Å². The number of aromatic nitrogens is 2. The SMILES string of the molecule is CC(C)C.CCc1c(Nc2ccc(C3CCCCC3)cc2)nc(N2CCOC(C)C2)nc1C(C)=O. The van der Waals surface area contributed by atoms with Crippen LogP contribution >= 0.6 is 0 Å². The number of anilines is 3. The van der Waals surface area contributed by atoms with Gasteiger partial charge in [-0.05, 0) is 55.7 Å². The highest BCUT2D eigenvalue weighted by molar-refractivity contribution is 5.95. The first-order valence-corrected chi connectivity index (χ1v) is 13.4. The zero-order valence-corrected chi connectivity index (χ0v) is 22.6. The van der Waals surface area contributed by atoms with Gasteiger partial charge < -0.3 is 15.0 Å². The smallest absolute Gasteiger partial charge is 0.228 e. The van der Waals surface area contributed by atoms with Gasteiger partial charge in [0, 0.05) is 31.3 Å². The van der Waals surface area contributed by atoms with Crippen molar-refractivity contribution in [2.75, 3.05) is 29.9 Å². The lowest BCUT2D eigenvalue weighted by Gasteiger charge is -2.31. The number of ether oxygens (including phenoxy) is 1. The number of nitrogens with one attached hydrogen (secondary N) is 1. The monoisotopic (exact) mass is 480 g/mol. The average Bonchev–Trinajstić information content (AvgIpc) is 2.84. The van der Waals surface area contributed by atoms with Crippen LogP contribution in [0.2, 0.25) is 0 Å². The molecule has 4 rings (SSSR count). The molecule has 192 valence electrons. The summed E-state index contributed by atoms with van der Waals surface area (Å²) in [5.74, 6) is 2.81. The second kappa shape index (κ2) is 13.0. The first kappa shape index (κ1) is 27.1. The molecule has 2 fully saturated rings. The number of carbonyl (C=O) groups is 1. The fraction of sp³-hybridized carbons (Fsp3) is 0.621. The van der Waals surface area contributed by atoms with Gasteiger partial charge in [0.1, 0.15) is 11.5 Å². The molecule has 0 amide bonds. The minimum Gasteiger partial charge on any atom is -0.375 e. The highest BCUT2D eigenvalue weighted by Crippen LogP contribution is 2.33. The molecule has 1 aromatic heterocycles. The van der Waals surface area contributed by atoms with E-state index in [-0.39, 0.29) is 11.9 Å². The van der Waals surface area contributed by atoms with Gasteiger partial charge in [-0.25, -0.2) is 4.98 Å². The van der Waals surface area contributed by atoms with E-state index in [1.807, 2.05) is 13.8 Å². The zero-order chi connectivity index (χ0) is 25.4. The van der Waals surface area contributed by atoms with E-state index in [0.717, 1.165) is 36.1 Å². The van der Waals surface area contributed by atoms with E-state index in [9.17, 15) is 4.79 Å². The quantitative estimate of drug-likeness (QED) is 0.453. The summed E-state index contributed by atoms with van der Waals surface area (Å²) in [6.07, 6.45) is 7.44. The molecule has 1 aromatic carbocycles. The second-order valence-corrected chi connectivity index (χ2v) is 10.6. The zero-order valence-electron chi connectivity index (χ0n) is 22.6. The van der Waals surface area contributed by atoms with Gasteiger partial charge in [-0.15, -0.1) is 0 Å². The molecule has 1 unspecified atom stereocenters. The highest BCUT2D eigenvalue weighted by Gasteiger charge is 2.23. The van der Waals surface area contributed by atoms with Gasteiger partial charge in [0.15, 0.2) is 5.78 Å². The summed E-state index contributed by atoms with van der Waals surface area (Å²) >= 11 is 0. The molecule has 2 aliphatic rings. The van der Waals surface area contributed by atoms with Crippen LogP contribution in [0.5, 0.6) is 0 Å². The third kappa shape index (κ3) is 7.76. The lowest BCUT2D eigenvalue weighted by Crippen LogP contribution is -2.42. The van der Waals surface area contributed by atoms with E-state index in [2.05, 4.69) is 60.2 Å². The van der Waals surface area contributed by atoms with Gasteiger partial charge in [0.25, 0.3) is 0 Å². The summed E-state index contributed by atoms with van der Waals surface area (Å²) in [6.45, 7) is 14.3. The maximum atomic E-state index is 12.4. The number of benzene rings is 1. The third-order valence-electron chi connectivity index (χ3n) is 6.46. The lowest BCUT2D eigenvalue weighted by molar-refractivity contribution is 0.0526. The van der Waals surface area contributed by atoms with Crippen LogP contribution in [-0.4, -0.2) is 41.6 Å². The van der Waals surface area contributed by atoms with E-state index in [1.165, 1.54) is 37.7 Å². The van der Waals surface area contributed by atoms with Crippen molar-refractivity contribution in [1.29, 1.82) is 0 Å². The average molecular weight is 481 g/mol. The predicted octanol–water partition coefficient (Wildman–Crippen LogP) is 6.92. The minimum absolute atomic E-state index is 0.0301. The molecule has 2 aromatic rings. The van der Waals surface area contributed by atoms with Crippen LogP contribution in [0.25, 0.3) is 0 Å². The molecule has 0 spiro atoms. The molecule has 1 saturated carbocycles. The van der Waals surface area contributed by atoms with Crippen LogP contribution in [-0.2, 0) is 11.2 Å². The standard InChI is InChI=1S/C25H34N4O2.C4H10/c1-4-22-23(18(3)30)27-25(29-14-15-31-17(2)16-29)28-24(22)26-21-12-10-20(11-13-21)19-8-6-5-7-9-19;1-4(2)3/h10-13,17,19H,4-9,14-16H2,1-3H3,(H,26,27,28);4H,1-3H3. The molecule has 1 N–H and O–H groups in total. The van der Waals surface area contributed by atoms with Gasteiger partial charge in [0.05, 0.1) is 12.7 Å². The van der Waals surface area contributed by atoms with Gasteiger partial charge in [-0.1, -0.05) is 59.1 Å². The highest BCUT2D eigenvalue weighted by atomic mass is 16.5. The van der Waals surface area contributed by atoms with Crippen LogP contribution < -0.4 is 10.2 Å². The summed E-state index contributed by atoms with van der Waals surface area (Å²) in [7, 11) is 0. The van der Waals surface area contributed by atoms with Gasteiger partial charge in [0.2, 0.25) is 5.95 Å². The molecule has 1 saturated heterocycles. The number of ketones is 1. The maximum absolute atomic E-state index is 12.4. The number of Topliss-reactive ketones (excluding diaryl/α,β-unsaturated/α-hetero) is 1. The summed E-state index contributed by atoms with van der Waals surface area (Å²) in [4.78, 5) is 24.0. The van der Waals surface area contributed by atoms with Crippen molar-refractivity contribution < 1.29 is 9.53 Å². The second-order valence-electron chi connectivity index (χ2n) is 10.6. The number of rotatable bonds is 6. The number of nitrogens with zero attached hydrogens (tertiary/aromatic N) is 3. The Morgan fingerprint density at radius 3 is 2.34 bits per heavy atom. The van der Waals surface area contributed by atoms with Gasteiger partial charge >= 0.3 is 0 Å². The number of morpholine rings is 1. The molecule has 1 aliphatic carbocycles. The van der Waals surface area contributed by atoms with E-state index >= 15 is 0 Å². The molecule has 0 radical (unpaired) electrons. The normalized spacial score (nSPS) is 18.7. The van der Waals surface area contributed by atoms with Crippen molar-refractivity contribution in [3.05, 3.63) is 41.1 Å². The lowest BCUT2D eigenvalue weighted by atomic mass is 9.84. The molecule has 6 nitrogen and oxygen atoms in total. The fourth-order valence-corrected chi connectivity index (χ4v) is 4.75. The number of hydrogen-bond donors (Lipinski definition) is 1. The summed E-state index contributed by atoms with van der Waals surface area (Å²) in [5, 5.41) is 3.48. The predicted molar refractivity (Wildman–Crippen MR) is 145 cm³/mol. The summed E-state index contributed by atoms with van der Waals surface area (Å²) in [5.41, 5.74) is 3.79. The van der Waals surface area contributed by atoms with Crippen LogP contribution in [0.15, 0.2) is 24.3 Å². The Labute approximate surface area is 211 Å².